The fourth-order valence-corrected chi connectivity index (χ4v) is 1.66. The molecule has 0 atom stereocenters. The molecule has 6 nitrogen and oxygen atoms in total. The van der Waals surface area contributed by atoms with Crippen molar-refractivity contribution in [3.63, 3.8) is 0 Å². The first-order chi connectivity index (χ1) is 9.49. The normalized spacial score (nSPS) is 10.8. The molecule has 0 saturated heterocycles. The van der Waals surface area contributed by atoms with Gasteiger partial charge in [-0.25, -0.2) is 0 Å². The van der Waals surface area contributed by atoms with Gasteiger partial charge in [-0.3, -0.25) is 14.8 Å². The number of aromatic nitrogens is 2. The summed E-state index contributed by atoms with van der Waals surface area (Å²) >= 11 is 0. The fraction of sp³-hybridized carbons (Fsp3) is 0.308. The summed E-state index contributed by atoms with van der Waals surface area (Å²) in [6.07, 6.45) is 3.22. The van der Waals surface area contributed by atoms with Crippen LogP contribution >= 0.6 is 0 Å². The largest absolute Gasteiger partial charge is 0.485 e. The molecule has 1 aromatic heterocycles. The molecular weight excluding hydrogens is 265 g/mol. The van der Waals surface area contributed by atoms with Gasteiger partial charge in [0.05, 0.1) is 17.3 Å². The average molecular weight is 279 g/mol. The van der Waals surface area contributed by atoms with Crippen LogP contribution in [0.1, 0.15) is 25.5 Å². The molecule has 0 aliphatic carbocycles. The van der Waals surface area contributed by atoms with E-state index in [4.69, 9.17) is 4.74 Å². The first kappa shape index (κ1) is 14.0. The van der Waals surface area contributed by atoms with E-state index in [-0.39, 0.29) is 18.2 Å². The quantitative estimate of drug-likeness (QED) is 0.623. The van der Waals surface area contributed by atoms with E-state index >= 15 is 0 Å². The second-order valence-corrected chi connectivity index (χ2v) is 4.55. The molecule has 0 N–H and O–H groups in total. The van der Waals surface area contributed by atoms with Gasteiger partial charge in [-0.05, 0) is 13.8 Å². The van der Waals surface area contributed by atoms with E-state index in [1.54, 1.807) is 10.9 Å². The minimum atomic E-state index is -0.867. The van der Waals surface area contributed by atoms with Gasteiger partial charge in [-0.15, -0.1) is 0 Å². The van der Waals surface area contributed by atoms with E-state index in [9.17, 15) is 14.5 Å². The van der Waals surface area contributed by atoms with Gasteiger partial charge in [0.25, 0.3) is 0 Å². The Balaban J connectivity index is 2.10. The smallest absolute Gasteiger partial charge is 0.305 e. The van der Waals surface area contributed by atoms with Gasteiger partial charge >= 0.3 is 5.69 Å². The Morgan fingerprint density at radius 3 is 2.85 bits per heavy atom. The van der Waals surface area contributed by atoms with Gasteiger partial charge in [0, 0.05) is 17.7 Å². The molecule has 0 fully saturated rings. The molecule has 2 aromatic rings. The molecule has 0 unspecified atom stereocenters. The summed E-state index contributed by atoms with van der Waals surface area (Å²) in [5, 5.41) is 14.7. The summed E-state index contributed by atoms with van der Waals surface area (Å²) in [7, 11) is 0. The number of halogens is 1. The van der Waals surface area contributed by atoms with Crippen LogP contribution in [0, 0.1) is 15.9 Å². The molecule has 0 amide bonds. The number of nitro benzene ring substituents is 1. The zero-order valence-corrected chi connectivity index (χ0v) is 11.1. The van der Waals surface area contributed by atoms with Crippen molar-refractivity contribution in [3.8, 4) is 5.75 Å². The maximum absolute atomic E-state index is 13.8. The zero-order chi connectivity index (χ0) is 14.7. The van der Waals surface area contributed by atoms with E-state index in [2.05, 4.69) is 5.10 Å². The number of nitrogens with zero attached hydrogens (tertiary/aromatic N) is 3. The monoisotopic (exact) mass is 279 g/mol. The summed E-state index contributed by atoms with van der Waals surface area (Å²) < 4.78 is 20.9. The molecule has 1 aromatic carbocycles. The van der Waals surface area contributed by atoms with Crippen molar-refractivity contribution in [2.45, 2.75) is 26.5 Å². The molecule has 0 bridgehead atoms. The Kier molecular flexibility index (Phi) is 3.97. The molecule has 106 valence electrons. The number of benzene rings is 1. The van der Waals surface area contributed by atoms with Crippen molar-refractivity contribution in [2.24, 2.45) is 0 Å². The Morgan fingerprint density at radius 2 is 2.25 bits per heavy atom. The molecule has 0 spiro atoms. The standard InChI is InChI=1S/C13H14FN3O3/c1-9(2)16-7-11(6-15-16)20-8-10-4-3-5-12(13(10)14)17(18)19/h3-7,9H,8H2,1-2H3. The molecule has 0 aliphatic heterocycles. The molecule has 20 heavy (non-hydrogen) atoms. The van der Waals surface area contributed by atoms with Crippen LogP contribution < -0.4 is 4.74 Å². The zero-order valence-electron chi connectivity index (χ0n) is 11.1. The van der Waals surface area contributed by atoms with Crippen molar-refractivity contribution < 1.29 is 14.1 Å². The number of rotatable bonds is 5. The summed E-state index contributed by atoms with van der Waals surface area (Å²) in [4.78, 5) is 9.88. The second kappa shape index (κ2) is 5.68. The summed E-state index contributed by atoms with van der Waals surface area (Å²) in [6, 6.07) is 4.20. The van der Waals surface area contributed by atoms with E-state index in [1.807, 2.05) is 13.8 Å². The highest BCUT2D eigenvalue weighted by Crippen LogP contribution is 2.22. The lowest BCUT2D eigenvalue weighted by Crippen LogP contribution is -2.02. The summed E-state index contributed by atoms with van der Waals surface area (Å²) in [6.45, 7) is 3.85. The maximum atomic E-state index is 13.8. The minimum Gasteiger partial charge on any atom is -0.485 e. The van der Waals surface area contributed by atoms with Gasteiger partial charge in [0.15, 0.2) is 5.75 Å². The first-order valence-electron chi connectivity index (χ1n) is 6.07. The van der Waals surface area contributed by atoms with E-state index in [0.29, 0.717) is 5.75 Å². The maximum Gasteiger partial charge on any atom is 0.305 e. The number of nitro groups is 1. The Morgan fingerprint density at radius 1 is 1.50 bits per heavy atom. The summed E-state index contributed by atoms with van der Waals surface area (Å²) in [5.74, 6) is -0.377. The van der Waals surface area contributed by atoms with Crippen LogP contribution in [-0.4, -0.2) is 14.7 Å². The highest BCUT2D eigenvalue weighted by Gasteiger charge is 2.17. The van der Waals surface area contributed by atoms with E-state index in [1.165, 1.54) is 18.3 Å². The van der Waals surface area contributed by atoms with Crippen LogP contribution in [0.15, 0.2) is 30.6 Å². The molecule has 7 heteroatoms. The molecule has 1 heterocycles. The van der Waals surface area contributed by atoms with Crippen LogP contribution in [0.2, 0.25) is 0 Å². The minimum absolute atomic E-state index is 0.0860. The predicted molar refractivity (Wildman–Crippen MR) is 70.0 cm³/mol. The Bertz CT molecular complexity index is 625. The SMILES string of the molecule is CC(C)n1cc(OCc2cccc([N+](=O)[O-])c2F)cn1. The van der Waals surface area contributed by atoms with Gasteiger partial charge in [-0.1, -0.05) is 12.1 Å². The lowest BCUT2D eigenvalue weighted by Gasteiger charge is -2.05. The highest BCUT2D eigenvalue weighted by molar-refractivity contribution is 5.36. The van der Waals surface area contributed by atoms with Crippen LogP contribution in [-0.2, 0) is 6.61 Å². The molecular formula is C13H14FN3O3. The Hall–Kier alpha value is -2.44. The Labute approximate surface area is 114 Å². The predicted octanol–water partition coefficient (Wildman–Crippen LogP) is 3.09. The van der Waals surface area contributed by atoms with Crippen LogP contribution in [0.4, 0.5) is 10.1 Å². The van der Waals surface area contributed by atoms with Gasteiger partial charge < -0.3 is 4.74 Å². The first-order valence-corrected chi connectivity index (χ1v) is 6.07. The molecule has 0 radical (unpaired) electrons. The highest BCUT2D eigenvalue weighted by atomic mass is 19.1. The number of hydrogen-bond acceptors (Lipinski definition) is 4. The van der Waals surface area contributed by atoms with Crippen molar-refractivity contribution in [2.75, 3.05) is 0 Å². The second-order valence-electron chi connectivity index (χ2n) is 4.55. The third-order valence-electron chi connectivity index (χ3n) is 2.76. The van der Waals surface area contributed by atoms with Crippen LogP contribution in [0.25, 0.3) is 0 Å². The van der Waals surface area contributed by atoms with Crippen molar-refractivity contribution in [1.29, 1.82) is 0 Å². The van der Waals surface area contributed by atoms with Crippen molar-refractivity contribution in [1.82, 2.24) is 9.78 Å². The third-order valence-corrected chi connectivity index (χ3v) is 2.76. The number of ether oxygens (including phenoxy) is 1. The van der Waals surface area contributed by atoms with Gasteiger partial charge in [0.2, 0.25) is 5.82 Å². The van der Waals surface area contributed by atoms with Crippen LogP contribution in [0.3, 0.4) is 0 Å². The van der Waals surface area contributed by atoms with Crippen molar-refractivity contribution >= 4 is 5.69 Å². The van der Waals surface area contributed by atoms with Gasteiger partial charge in [0.1, 0.15) is 6.61 Å². The van der Waals surface area contributed by atoms with E-state index in [0.717, 1.165) is 6.07 Å². The molecule has 2 rings (SSSR count). The lowest BCUT2D eigenvalue weighted by atomic mass is 10.2. The molecule has 0 saturated carbocycles. The average Bonchev–Trinajstić information content (AvgIpc) is 2.86. The van der Waals surface area contributed by atoms with Crippen LogP contribution in [0.5, 0.6) is 5.75 Å². The third kappa shape index (κ3) is 2.93. The fourth-order valence-electron chi connectivity index (χ4n) is 1.66. The van der Waals surface area contributed by atoms with E-state index < -0.39 is 16.4 Å². The van der Waals surface area contributed by atoms with Crippen molar-refractivity contribution in [3.05, 3.63) is 52.1 Å². The van der Waals surface area contributed by atoms with Gasteiger partial charge in [-0.2, -0.15) is 9.49 Å². The number of hydrogen-bond donors (Lipinski definition) is 0. The lowest BCUT2D eigenvalue weighted by molar-refractivity contribution is -0.387. The molecule has 0 aliphatic rings. The summed E-state index contributed by atoms with van der Waals surface area (Å²) in [5.41, 5.74) is -0.416. The topological polar surface area (TPSA) is 70.2 Å².